The molecular weight excluding hydrogens is 373 g/mol. The summed E-state index contributed by atoms with van der Waals surface area (Å²) >= 11 is 0. The van der Waals surface area contributed by atoms with Crippen molar-refractivity contribution in [1.82, 2.24) is 14.5 Å². The molecule has 1 aliphatic heterocycles. The number of hydrogen-bond donors (Lipinski definition) is 1. The van der Waals surface area contributed by atoms with Gasteiger partial charge in [0, 0.05) is 18.9 Å². The summed E-state index contributed by atoms with van der Waals surface area (Å²) < 4.78 is 53.5. The Bertz CT molecular complexity index is 884. The average molecular weight is 397 g/mol. The van der Waals surface area contributed by atoms with Crippen molar-refractivity contribution >= 4 is 10.0 Å². The van der Waals surface area contributed by atoms with Crippen LogP contribution in [-0.2, 0) is 14.8 Å². The van der Waals surface area contributed by atoms with Crippen molar-refractivity contribution < 1.29 is 22.3 Å². The number of ether oxygens (including phenoxy) is 2. The maximum atomic E-state index is 14.4. The van der Waals surface area contributed by atoms with Crippen LogP contribution in [0.2, 0.25) is 0 Å². The summed E-state index contributed by atoms with van der Waals surface area (Å²) in [5.74, 6) is -0.420. The summed E-state index contributed by atoms with van der Waals surface area (Å²) in [4.78, 5) is 0. The number of sulfonamides is 1. The van der Waals surface area contributed by atoms with Crippen molar-refractivity contribution in [3.05, 3.63) is 42.0 Å². The molecule has 0 radical (unpaired) electrons. The molecule has 2 unspecified atom stereocenters. The van der Waals surface area contributed by atoms with Crippen molar-refractivity contribution in [1.29, 1.82) is 0 Å². The van der Waals surface area contributed by atoms with Crippen molar-refractivity contribution in [2.45, 2.75) is 38.8 Å². The van der Waals surface area contributed by atoms with Gasteiger partial charge in [0.25, 0.3) is 0 Å². The fourth-order valence-electron chi connectivity index (χ4n) is 2.93. The second kappa shape index (κ2) is 8.37. The number of rotatable bonds is 7. The van der Waals surface area contributed by atoms with Crippen LogP contribution in [0.25, 0.3) is 5.69 Å². The van der Waals surface area contributed by atoms with Crippen LogP contribution in [0.1, 0.15) is 25.3 Å². The standard InChI is InChI=1S/C18H24FN3O4S/c1-3-27(23,24)21-16-5-4-8-25-18(16)12-26-17-7-6-14(9-15(17)19)22-11-13(2)10-20-22/h6-7,9-11,16,18,21H,3-5,8,12H2,1-2H3. The molecule has 1 aromatic carbocycles. The SMILES string of the molecule is CCS(=O)(=O)NC1CCCOC1COc1ccc(-n2cc(C)cn2)cc1F. The number of nitrogens with zero attached hydrogens (tertiary/aromatic N) is 2. The van der Waals surface area contributed by atoms with E-state index in [-0.39, 0.29) is 24.2 Å². The highest BCUT2D eigenvalue weighted by molar-refractivity contribution is 7.89. The van der Waals surface area contributed by atoms with Crippen molar-refractivity contribution in [3.63, 3.8) is 0 Å². The van der Waals surface area contributed by atoms with Gasteiger partial charge >= 0.3 is 0 Å². The highest BCUT2D eigenvalue weighted by Crippen LogP contribution is 2.22. The third-order valence-corrected chi connectivity index (χ3v) is 5.87. The smallest absolute Gasteiger partial charge is 0.211 e. The quantitative estimate of drug-likeness (QED) is 0.774. The summed E-state index contributed by atoms with van der Waals surface area (Å²) in [7, 11) is -3.35. The lowest BCUT2D eigenvalue weighted by Crippen LogP contribution is -2.49. The van der Waals surface area contributed by atoms with E-state index in [0.717, 1.165) is 12.0 Å². The van der Waals surface area contributed by atoms with Gasteiger partial charge in [-0.15, -0.1) is 0 Å². The number of aryl methyl sites for hydroxylation is 1. The first-order chi connectivity index (χ1) is 12.9. The molecule has 0 spiro atoms. The van der Waals surface area contributed by atoms with Gasteiger partial charge in [-0.05, 0) is 44.4 Å². The Morgan fingerprint density at radius 2 is 2.26 bits per heavy atom. The topological polar surface area (TPSA) is 82.5 Å². The van der Waals surface area contributed by atoms with Crippen LogP contribution in [0.5, 0.6) is 5.75 Å². The number of nitrogens with one attached hydrogen (secondary N) is 1. The molecule has 2 aromatic rings. The molecule has 1 N–H and O–H groups in total. The Labute approximate surface area is 158 Å². The Balaban J connectivity index is 1.66. The van der Waals surface area contributed by atoms with Crippen LogP contribution in [0.15, 0.2) is 30.6 Å². The van der Waals surface area contributed by atoms with Gasteiger partial charge in [0.2, 0.25) is 10.0 Å². The second-order valence-corrected chi connectivity index (χ2v) is 8.61. The Hall–Kier alpha value is -1.97. The van der Waals surface area contributed by atoms with Gasteiger partial charge in [0.1, 0.15) is 12.7 Å². The fraction of sp³-hybridized carbons (Fsp3) is 0.500. The zero-order valence-electron chi connectivity index (χ0n) is 15.4. The lowest BCUT2D eigenvalue weighted by molar-refractivity contribution is -0.0285. The van der Waals surface area contributed by atoms with E-state index >= 15 is 0 Å². The first kappa shape index (κ1) is 19.8. The molecule has 7 nitrogen and oxygen atoms in total. The first-order valence-corrected chi connectivity index (χ1v) is 10.6. The predicted molar refractivity (Wildman–Crippen MR) is 99.1 cm³/mol. The molecule has 3 rings (SSSR count). The van der Waals surface area contributed by atoms with Crippen molar-refractivity contribution in [2.75, 3.05) is 19.0 Å². The van der Waals surface area contributed by atoms with E-state index < -0.39 is 21.9 Å². The highest BCUT2D eigenvalue weighted by Gasteiger charge is 2.30. The molecule has 1 aliphatic rings. The van der Waals surface area contributed by atoms with Gasteiger partial charge in [0.15, 0.2) is 11.6 Å². The van der Waals surface area contributed by atoms with Crippen LogP contribution in [0, 0.1) is 12.7 Å². The van der Waals surface area contributed by atoms with E-state index in [1.54, 1.807) is 30.1 Å². The molecule has 1 aromatic heterocycles. The van der Waals surface area contributed by atoms with Crippen LogP contribution in [0.3, 0.4) is 0 Å². The molecule has 0 aliphatic carbocycles. The predicted octanol–water partition coefficient (Wildman–Crippen LogP) is 2.19. The number of aromatic nitrogens is 2. The average Bonchev–Trinajstić information content (AvgIpc) is 3.08. The van der Waals surface area contributed by atoms with Gasteiger partial charge in [-0.3, -0.25) is 0 Å². The minimum atomic E-state index is -3.35. The molecule has 27 heavy (non-hydrogen) atoms. The van der Waals surface area contributed by atoms with Gasteiger partial charge < -0.3 is 9.47 Å². The summed E-state index contributed by atoms with van der Waals surface area (Å²) in [6.45, 7) is 4.08. The lowest BCUT2D eigenvalue weighted by atomic mass is 10.0. The molecule has 1 fully saturated rings. The molecule has 148 valence electrons. The van der Waals surface area contributed by atoms with E-state index in [1.165, 1.54) is 12.1 Å². The second-order valence-electron chi connectivity index (χ2n) is 6.57. The first-order valence-electron chi connectivity index (χ1n) is 8.93. The molecule has 0 bridgehead atoms. The summed E-state index contributed by atoms with van der Waals surface area (Å²) in [5.41, 5.74) is 1.57. The molecule has 2 heterocycles. The maximum Gasteiger partial charge on any atom is 0.211 e. The highest BCUT2D eigenvalue weighted by atomic mass is 32.2. The summed E-state index contributed by atoms with van der Waals surface area (Å²) in [6, 6.07) is 4.22. The minimum Gasteiger partial charge on any atom is -0.488 e. The molecule has 2 atom stereocenters. The molecule has 1 saturated heterocycles. The Morgan fingerprint density at radius 3 is 2.93 bits per heavy atom. The monoisotopic (exact) mass is 397 g/mol. The van der Waals surface area contributed by atoms with E-state index in [4.69, 9.17) is 9.47 Å². The van der Waals surface area contributed by atoms with Gasteiger partial charge in [-0.25, -0.2) is 22.2 Å². The molecule has 0 amide bonds. The number of halogens is 1. The van der Waals surface area contributed by atoms with Gasteiger partial charge in [-0.2, -0.15) is 5.10 Å². The number of hydrogen-bond acceptors (Lipinski definition) is 5. The van der Waals surface area contributed by atoms with E-state index in [2.05, 4.69) is 9.82 Å². The Kier molecular flexibility index (Phi) is 6.13. The summed E-state index contributed by atoms with van der Waals surface area (Å²) in [5, 5.41) is 4.15. The lowest BCUT2D eigenvalue weighted by Gasteiger charge is -2.31. The third kappa shape index (κ3) is 5.06. The molecule has 0 saturated carbocycles. The largest absolute Gasteiger partial charge is 0.488 e. The third-order valence-electron chi connectivity index (χ3n) is 4.45. The molecular formula is C18H24FN3O4S. The zero-order chi connectivity index (χ0) is 19.4. The minimum absolute atomic E-state index is 0.0000693. The summed E-state index contributed by atoms with van der Waals surface area (Å²) in [6.07, 6.45) is 4.45. The Morgan fingerprint density at radius 1 is 1.44 bits per heavy atom. The normalized spacial score (nSPS) is 20.6. The van der Waals surface area contributed by atoms with E-state index in [1.807, 2.05) is 6.92 Å². The van der Waals surface area contributed by atoms with Crippen molar-refractivity contribution in [3.8, 4) is 11.4 Å². The van der Waals surface area contributed by atoms with Crippen LogP contribution in [-0.4, -0.2) is 49.3 Å². The van der Waals surface area contributed by atoms with Crippen LogP contribution in [0.4, 0.5) is 4.39 Å². The van der Waals surface area contributed by atoms with E-state index in [9.17, 15) is 12.8 Å². The maximum absolute atomic E-state index is 14.4. The fourth-order valence-corrected chi connectivity index (χ4v) is 3.83. The zero-order valence-corrected chi connectivity index (χ0v) is 16.2. The van der Waals surface area contributed by atoms with E-state index in [0.29, 0.717) is 18.7 Å². The van der Waals surface area contributed by atoms with Crippen LogP contribution >= 0.6 is 0 Å². The van der Waals surface area contributed by atoms with Gasteiger partial charge in [-0.1, -0.05) is 0 Å². The molecule has 9 heteroatoms. The van der Waals surface area contributed by atoms with Gasteiger partial charge in [0.05, 0.1) is 23.7 Å². The van der Waals surface area contributed by atoms with Crippen LogP contribution < -0.4 is 9.46 Å². The van der Waals surface area contributed by atoms with Crippen molar-refractivity contribution in [2.24, 2.45) is 0 Å². The number of benzene rings is 1.